The van der Waals surface area contributed by atoms with Crippen LogP contribution in [0.4, 0.5) is 13.2 Å². The van der Waals surface area contributed by atoms with Crippen LogP contribution in [0.1, 0.15) is 6.92 Å². The molecular formula is C8H8F3I. The third kappa shape index (κ3) is 1.53. The van der Waals surface area contributed by atoms with Crippen molar-refractivity contribution in [1.29, 1.82) is 0 Å². The average molecular weight is 288 g/mol. The lowest BCUT2D eigenvalue weighted by Gasteiger charge is -2.33. The van der Waals surface area contributed by atoms with Crippen molar-refractivity contribution in [3.8, 4) is 0 Å². The predicted octanol–water partition coefficient (Wildman–Crippen LogP) is 3.48. The summed E-state index contributed by atoms with van der Waals surface area (Å²) in [5, 5.41) is 0. The van der Waals surface area contributed by atoms with Crippen LogP contribution in [-0.4, -0.2) is 10.1 Å². The summed E-state index contributed by atoms with van der Waals surface area (Å²) < 4.78 is 36.9. The topological polar surface area (TPSA) is 0 Å². The van der Waals surface area contributed by atoms with Gasteiger partial charge >= 0.3 is 6.18 Å². The molecule has 0 N–H and O–H groups in total. The molecule has 2 unspecified atom stereocenters. The number of halogens is 4. The summed E-state index contributed by atoms with van der Waals surface area (Å²) in [6.45, 7) is 1.21. The summed E-state index contributed by atoms with van der Waals surface area (Å²) in [5.74, 6) is 0. The maximum atomic E-state index is 12.5. The van der Waals surface area contributed by atoms with Crippen LogP contribution in [0.3, 0.4) is 0 Å². The molecule has 0 aliphatic heterocycles. The van der Waals surface area contributed by atoms with Crippen LogP contribution >= 0.6 is 22.6 Å². The predicted molar refractivity (Wildman–Crippen MR) is 50.3 cm³/mol. The van der Waals surface area contributed by atoms with Crippen molar-refractivity contribution in [2.45, 2.75) is 17.0 Å². The Morgan fingerprint density at radius 3 is 2.25 bits per heavy atom. The maximum absolute atomic E-state index is 12.5. The van der Waals surface area contributed by atoms with E-state index in [1.807, 2.05) is 0 Å². The molecule has 0 radical (unpaired) electrons. The SMILES string of the molecule is CC1(C(F)(F)F)C=CC=CC1I. The van der Waals surface area contributed by atoms with Gasteiger partial charge in [0.25, 0.3) is 0 Å². The lowest BCUT2D eigenvalue weighted by molar-refractivity contribution is -0.195. The summed E-state index contributed by atoms with van der Waals surface area (Å²) >= 11 is 1.80. The highest BCUT2D eigenvalue weighted by atomic mass is 127. The second-order valence-corrected chi connectivity index (χ2v) is 4.27. The van der Waals surface area contributed by atoms with E-state index in [2.05, 4.69) is 0 Å². The molecule has 0 fully saturated rings. The summed E-state index contributed by atoms with van der Waals surface area (Å²) in [5.41, 5.74) is -1.71. The smallest absolute Gasteiger partial charge is 0.170 e. The third-order valence-corrected chi connectivity index (χ3v) is 3.73. The molecule has 0 aromatic rings. The van der Waals surface area contributed by atoms with Crippen LogP contribution in [-0.2, 0) is 0 Å². The summed E-state index contributed by atoms with van der Waals surface area (Å²) in [4.78, 5) is 0. The minimum Gasteiger partial charge on any atom is -0.170 e. The third-order valence-electron chi connectivity index (χ3n) is 2.02. The zero-order valence-electron chi connectivity index (χ0n) is 6.40. The van der Waals surface area contributed by atoms with E-state index in [9.17, 15) is 13.2 Å². The van der Waals surface area contributed by atoms with Gasteiger partial charge in [-0.15, -0.1) is 0 Å². The first kappa shape index (κ1) is 10.1. The van der Waals surface area contributed by atoms with E-state index in [1.54, 1.807) is 34.7 Å². The number of alkyl halides is 4. The summed E-state index contributed by atoms with van der Waals surface area (Å²) in [7, 11) is 0. The first-order valence-electron chi connectivity index (χ1n) is 3.45. The molecule has 0 nitrogen and oxygen atoms in total. The standard InChI is InChI=1S/C8H8F3I/c1-7(8(9,10)11)5-3-2-4-6(7)12/h2-6H,1H3. The molecule has 0 amide bonds. The average Bonchev–Trinajstić information content (AvgIpc) is 1.93. The fourth-order valence-corrected chi connectivity index (χ4v) is 1.76. The van der Waals surface area contributed by atoms with E-state index in [1.165, 1.54) is 19.1 Å². The van der Waals surface area contributed by atoms with Crippen LogP contribution in [0.5, 0.6) is 0 Å². The molecule has 0 spiro atoms. The minimum atomic E-state index is -4.17. The van der Waals surface area contributed by atoms with Crippen molar-refractivity contribution in [3.63, 3.8) is 0 Å². The molecule has 0 aromatic carbocycles. The van der Waals surface area contributed by atoms with Gasteiger partial charge in [-0.2, -0.15) is 13.2 Å². The van der Waals surface area contributed by atoms with E-state index in [4.69, 9.17) is 0 Å². The van der Waals surface area contributed by atoms with Crippen molar-refractivity contribution < 1.29 is 13.2 Å². The molecule has 1 rings (SSSR count). The highest BCUT2D eigenvalue weighted by molar-refractivity contribution is 14.1. The van der Waals surface area contributed by atoms with Crippen LogP contribution in [0.2, 0.25) is 0 Å². The summed E-state index contributed by atoms with van der Waals surface area (Å²) in [6, 6.07) is 0. The molecule has 1 aliphatic carbocycles. The number of hydrogen-bond acceptors (Lipinski definition) is 0. The maximum Gasteiger partial charge on any atom is 0.398 e. The van der Waals surface area contributed by atoms with E-state index in [0.717, 1.165) is 0 Å². The molecule has 0 heterocycles. The van der Waals surface area contributed by atoms with Gasteiger partial charge in [-0.25, -0.2) is 0 Å². The van der Waals surface area contributed by atoms with E-state index < -0.39 is 15.5 Å². The Bertz CT molecular complexity index is 229. The van der Waals surface area contributed by atoms with Gasteiger partial charge in [-0.3, -0.25) is 0 Å². The highest BCUT2D eigenvalue weighted by Gasteiger charge is 2.53. The number of hydrogen-bond donors (Lipinski definition) is 0. The number of rotatable bonds is 0. The molecule has 0 bridgehead atoms. The van der Waals surface area contributed by atoms with E-state index in [0.29, 0.717) is 0 Å². The van der Waals surface area contributed by atoms with Crippen LogP contribution in [0.25, 0.3) is 0 Å². The zero-order chi connectivity index (χ0) is 9.41. The Morgan fingerprint density at radius 1 is 1.33 bits per heavy atom. The van der Waals surface area contributed by atoms with E-state index in [-0.39, 0.29) is 0 Å². The molecule has 1 aliphatic rings. The minimum absolute atomic E-state index is 0.514. The van der Waals surface area contributed by atoms with Gasteiger partial charge < -0.3 is 0 Å². The van der Waals surface area contributed by atoms with Gasteiger partial charge in [0.05, 0.1) is 5.41 Å². The Labute approximate surface area is 82.7 Å². The Morgan fingerprint density at radius 2 is 1.92 bits per heavy atom. The Balaban J connectivity index is 2.99. The Kier molecular flexibility index (Phi) is 2.56. The molecule has 12 heavy (non-hydrogen) atoms. The lowest BCUT2D eigenvalue weighted by atomic mass is 9.83. The molecule has 4 heteroatoms. The second kappa shape index (κ2) is 3.05. The van der Waals surface area contributed by atoms with Gasteiger partial charge in [0, 0.05) is 3.92 Å². The number of allylic oxidation sites excluding steroid dienone is 4. The first-order valence-corrected chi connectivity index (χ1v) is 4.69. The van der Waals surface area contributed by atoms with Gasteiger partial charge in [-0.05, 0) is 6.92 Å². The fourth-order valence-electron chi connectivity index (χ4n) is 0.960. The first-order chi connectivity index (χ1) is 5.38. The fraction of sp³-hybridized carbons (Fsp3) is 0.500. The van der Waals surface area contributed by atoms with Gasteiger partial charge in [0.1, 0.15) is 0 Å². The molecule has 0 aromatic heterocycles. The lowest BCUT2D eigenvalue weighted by Crippen LogP contribution is -2.40. The molecule has 0 saturated heterocycles. The molecule has 2 atom stereocenters. The molecular weight excluding hydrogens is 280 g/mol. The van der Waals surface area contributed by atoms with Gasteiger partial charge in [-0.1, -0.05) is 46.9 Å². The quantitative estimate of drug-likeness (QED) is 0.473. The zero-order valence-corrected chi connectivity index (χ0v) is 8.56. The summed E-state index contributed by atoms with van der Waals surface area (Å²) in [6.07, 6.45) is 1.70. The van der Waals surface area contributed by atoms with Crippen molar-refractivity contribution >= 4 is 22.6 Å². The van der Waals surface area contributed by atoms with E-state index >= 15 is 0 Å². The van der Waals surface area contributed by atoms with Crippen molar-refractivity contribution in [1.82, 2.24) is 0 Å². The normalized spacial score (nSPS) is 35.6. The van der Waals surface area contributed by atoms with Crippen LogP contribution < -0.4 is 0 Å². The van der Waals surface area contributed by atoms with Crippen LogP contribution in [0.15, 0.2) is 24.3 Å². The van der Waals surface area contributed by atoms with Gasteiger partial charge in [0.2, 0.25) is 0 Å². The molecule has 68 valence electrons. The van der Waals surface area contributed by atoms with Crippen LogP contribution in [0, 0.1) is 5.41 Å². The van der Waals surface area contributed by atoms with Crippen molar-refractivity contribution in [3.05, 3.63) is 24.3 Å². The monoisotopic (exact) mass is 288 g/mol. The Hall–Kier alpha value is -0.000000000000000111. The van der Waals surface area contributed by atoms with Crippen molar-refractivity contribution in [2.75, 3.05) is 0 Å². The van der Waals surface area contributed by atoms with Crippen molar-refractivity contribution in [2.24, 2.45) is 5.41 Å². The second-order valence-electron chi connectivity index (χ2n) is 2.93. The van der Waals surface area contributed by atoms with Gasteiger partial charge in [0.15, 0.2) is 0 Å². The largest absolute Gasteiger partial charge is 0.398 e. The molecule has 0 saturated carbocycles. The highest BCUT2D eigenvalue weighted by Crippen LogP contribution is 2.46.